The number of alkyl halides is 12. The van der Waals surface area contributed by atoms with E-state index in [-0.39, 0.29) is 43.0 Å². The zero-order valence-corrected chi connectivity index (χ0v) is 34.2. The summed E-state index contributed by atoms with van der Waals surface area (Å²) in [6, 6.07) is 32.1. The summed E-state index contributed by atoms with van der Waals surface area (Å²) in [6.45, 7) is 0. The van der Waals surface area contributed by atoms with Gasteiger partial charge in [-0.15, -0.1) is 0 Å². The maximum atomic E-state index is 16.4. The Bertz CT molecular complexity index is 2800. The first-order valence-corrected chi connectivity index (χ1v) is 22.4. The monoisotopic (exact) mass is 926 g/mol. The number of fused-ring (bicyclic) bond motifs is 2. The van der Waals surface area contributed by atoms with E-state index in [0.717, 1.165) is 48.5 Å². The van der Waals surface area contributed by atoms with Crippen LogP contribution in [0, 0.1) is 0 Å². The molecule has 2 nitrogen and oxygen atoms in total. The smallest absolute Gasteiger partial charge is 0.309 e. The van der Waals surface area contributed by atoms with E-state index < -0.39 is 61.2 Å². The molecule has 326 valence electrons. The first kappa shape index (κ1) is 44.5. The molecule has 0 saturated heterocycles. The van der Waals surface area contributed by atoms with Gasteiger partial charge in [0.15, 0.2) is 14.3 Å². The molecule has 0 amide bonds. The molecule has 8 aromatic rings. The van der Waals surface area contributed by atoms with Crippen molar-refractivity contribution in [2.45, 2.75) is 24.7 Å². The van der Waals surface area contributed by atoms with Crippen molar-refractivity contribution in [1.82, 2.24) is 0 Å². The fourth-order valence-corrected chi connectivity index (χ4v) is 13.5. The first-order valence-electron chi connectivity index (χ1n) is 19.0. The molecule has 0 bridgehead atoms. The minimum absolute atomic E-state index is 0.0482. The van der Waals surface area contributed by atoms with Gasteiger partial charge in [0.05, 0.1) is 22.3 Å². The van der Waals surface area contributed by atoms with Crippen molar-refractivity contribution in [2.24, 2.45) is 0 Å². The van der Waals surface area contributed by atoms with Crippen LogP contribution >= 0.6 is 14.3 Å². The van der Waals surface area contributed by atoms with Crippen LogP contribution in [0.2, 0.25) is 0 Å². The Morgan fingerprint density at radius 2 is 0.516 bits per heavy atom. The highest BCUT2D eigenvalue weighted by atomic mass is 31.2. The number of halogens is 12. The van der Waals surface area contributed by atoms with E-state index in [9.17, 15) is 52.7 Å². The summed E-state index contributed by atoms with van der Waals surface area (Å²) in [5.74, 6) is 0. The van der Waals surface area contributed by atoms with E-state index in [1.807, 2.05) is 0 Å². The van der Waals surface area contributed by atoms with Crippen molar-refractivity contribution in [3.63, 3.8) is 0 Å². The lowest BCUT2D eigenvalue weighted by Crippen LogP contribution is -2.30. The fourth-order valence-electron chi connectivity index (χ4n) is 7.87. The average molecular weight is 927 g/mol. The molecule has 0 fully saturated rings. The fraction of sp³-hybridized carbons (Fsp3) is 0.0833. The van der Waals surface area contributed by atoms with Gasteiger partial charge in [0.25, 0.3) is 0 Å². The minimum atomic E-state index is -4.83. The van der Waals surface area contributed by atoms with Crippen LogP contribution < -0.4 is 31.8 Å². The van der Waals surface area contributed by atoms with Crippen molar-refractivity contribution < 1.29 is 61.8 Å². The van der Waals surface area contributed by atoms with Gasteiger partial charge in [-0.1, -0.05) is 109 Å². The third kappa shape index (κ3) is 7.91. The highest BCUT2D eigenvalue weighted by Gasteiger charge is 2.41. The molecule has 8 rings (SSSR count). The Labute approximate surface area is 356 Å². The van der Waals surface area contributed by atoms with Crippen LogP contribution in [-0.4, -0.2) is 0 Å². The summed E-state index contributed by atoms with van der Waals surface area (Å²) in [5.41, 5.74) is -4.35. The third-order valence-electron chi connectivity index (χ3n) is 11.0. The lowest BCUT2D eigenvalue weighted by atomic mass is 9.93. The van der Waals surface area contributed by atoms with Gasteiger partial charge < -0.3 is 9.13 Å². The molecule has 0 aliphatic carbocycles. The maximum absolute atomic E-state index is 16.4. The van der Waals surface area contributed by atoms with Crippen LogP contribution in [0.15, 0.2) is 170 Å². The minimum Gasteiger partial charge on any atom is -0.309 e. The second-order valence-electron chi connectivity index (χ2n) is 14.8. The highest BCUT2D eigenvalue weighted by molar-refractivity contribution is 7.86. The van der Waals surface area contributed by atoms with Crippen LogP contribution in [0.1, 0.15) is 22.3 Å². The number of hydrogen-bond donors (Lipinski definition) is 0. The van der Waals surface area contributed by atoms with E-state index in [4.69, 9.17) is 0 Å². The SMILES string of the molecule is O=P(c1ccc(C(F)(F)F)cc1)(c1ccc(C(F)(F)F)cc1)c1ccc2ccccc2c1-c1c(P(=O)(c2ccc(C(F)(F)F)cc2)c2ccc(C(F)(F)F)cc2)ccc2ccccc12. The molecule has 0 aliphatic heterocycles. The highest BCUT2D eigenvalue weighted by Crippen LogP contribution is 2.52. The average Bonchev–Trinajstić information content (AvgIpc) is 3.27. The Balaban J connectivity index is 1.54. The van der Waals surface area contributed by atoms with E-state index >= 15 is 9.13 Å². The molecular formula is C48H28F12O2P2. The zero-order chi connectivity index (χ0) is 46.0. The van der Waals surface area contributed by atoms with Crippen LogP contribution in [0.5, 0.6) is 0 Å². The Kier molecular flexibility index (Phi) is 11.0. The van der Waals surface area contributed by atoms with Gasteiger partial charge in [-0.25, -0.2) is 0 Å². The third-order valence-corrected chi connectivity index (χ3v) is 17.2. The normalized spacial score (nSPS) is 13.1. The molecule has 64 heavy (non-hydrogen) atoms. The molecule has 0 aliphatic rings. The molecule has 0 N–H and O–H groups in total. The van der Waals surface area contributed by atoms with Gasteiger partial charge in [0, 0.05) is 43.0 Å². The molecule has 0 heterocycles. The molecule has 0 atom stereocenters. The van der Waals surface area contributed by atoms with Gasteiger partial charge >= 0.3 is 24.7 Å². The zero-order valence-electron chi connectivity index (χ0n) is 32.4. The van der Waals surface area contributed by atoms with Crippen molar-refractivity contribution >= 4 is 67.7 Å². The van der Waals surface area contributed by atoms with Gasteiger partial charge in [-0.05, 0) is 82.2 Å². The number of rotatable bonds is 7. The topological polar surface area (TPSA) is 34.1 Å². The second-order valence-corrected chi connectivity index (χ2v) is 20.2. The van der Waals surface area contributed by atoms with Crippen LogP contribution in [0.25, 0.3) is 32.7 Å². The van der Waals surface area contributed by atoms with Crippen molar-refractivity contribution in [1.29, 1.82) is 0 Å². The maximum Gasteiger partial charge on any atom is 0.416 e. The molecule has 0 spiro atoms. The summed E-state index contributed by atoms with van der Waals surface area (Å²) in [7, 11) is -9.29. The first-order chi connectivity index (χ1) is 30.0. The van der Waals surface area contributed by atoms with Crippen molar-refractivity contribution in [2.75, 3.05) is 0 Å². The summed E-state index contributed by atoms with van der Waals surface area (Å²) in [5, 5.41) is 0.394. The molecule has 0 saturated carbocycles. The lowest BCUT2D eigenvalue weighted by Gasteiger charge is -2.29. The van der Waals surface area contributed by atoms with Crippen molar-refractivity contribution in [3.05, 3.63) is 192 Å². The predicted octanol–water partition coefficient (Wildman–Crippen LogP) is 13.0. The van der Waals surface area contributed by atoms with E-state index in [1.54, 1.807) is 60.7 Å². The van der Waals surface area contributed by atoms with Crippen molar-refractivity contribution in [3.8, 4) is 11.1 Å². The summed E-state index contributed by atoms with van der Waals surface area (Å²) in [6.07, 6.45) is -19.3. The second kappa shape index (κ2) is 15.9. The summed E-state index contributed by atoms with van der Waals surface area (Å²) in [4.78, 5) is 0. The summed E-state index contributed by atoms with van der Waals surface area (Å²) >= 11 is 0. The lowest BCUT2D eigenvalue weighted by molar-refractivity contribution is -0.138. The largest absolute Gasteiger partial charge is 0.416 e. The van der Waals surface area contributed by atoms with Crippen LogP contribution in [0.4, 0.5) is 52.7 Å². The molecule has 16 heteroatoms. The van der Waals surface area contributed by atoms with Gasteiger partial charge in [0.2, 0.25) is 0 Å². The Morgan fingerprint density at radius 1 is 0.281 bits per heavy atom. The van der Waals surface area contributed by atoms with Gasteiger partial charge in [-0.3, -0.25) is 0 Å². The Morgan fingerprint density at radius 3 is 0.750 bits per heavy atom. The number of hydrogen-bond acceptors (Lipinski definition) is 2. The molecule has 0 radical (unpaired) electrons. The molecule has 0 aromatic heterocycles. The molecule has 8 aromatic carbocycles. The summed E-state index contributed by atoms with van der Waals surface area (Å²) < 4.78 is 200. The van der Waals surface area contributed by atoms with Gasteiger partial charge in [-0.2, -0.15) is 52.7 Å². The van der Waals surface area contributed by atoms with Gasteiger partial charge in [0.1, 0.15) is 0 Å². The molecular weight excluding hydrogens is 898 g/mol. The number of benzene rings is 8. The van der Waals surface area contributed by atoms with E-state index in [2.05, 4.69) is 0 Å². The molecule has 0 unspecified atom stereocenters. The van der Waals surface area contributed by atoms with E-state index in [0.29, 0.717) is 70.1 Å². The van der Waals surface area contributed by atoms with Crippen LogP contribution in [0.3, 0.4) is 0 Å². The predicted molar refractivity (Wildman–Crippen MR) is 226 cm³/mol. The standard InChI is InChI=1S/C48H28F12O2P2/c49-45(50,51)31-11-19-35(20-12-31)63(61,36-21-13-32(14-22-36)46(52,53)54)41-27-9-29-5-1-3-7-39(29)43(41)44-40-8-4-2-6-30(40)10-28-42(44)64(62,37-23-15-33(16-24-37)47(55,56)57)38-25-17-34(18-26-38)48(58,59)60/h1-28H. The quantitative estimate of drug-likeness (QED) is 0.118. The van der Waals surface area contributed by atoms with E-state index in [1.165, 1.54) is 12.1 Å². The Hall–Kier alpha value is -6.10. The van der Waals surface area contributed by atoms with Crippen LogP contribution in [-0.2, 0) is 33.8 Å².